The van der Waals surface area contributed by atoms with Gasteiger partial charge in [0.15, 0.2) is 0 Å². The van der Waals surface area contributed by atoms with E-state index < -0.39 is 0 Å². The number of piperidine rings is 1. The van der Waals surface area contributed by atoms with Gasteiger partial charge in [-0.3, -0.25) is 4.79 Å². The molecule has 1 fully saturated rings. The molecule has 0 atom stereocenters. The number of aromatic nitrogens is 4. The Morgan fingerprint density at radius 1 is 1.14 bits per heavy atom. The van der Waals surface area contributed by atoms with Crippen molar-refractivity contribution < 1.29 is 0 Å². The topological polar surface area (TPSA) is 74.8 Å². The molecule has 0 spiro atoms. The van der Waals surface area contributed by atoms with Gasteiger partial charge >= 0.3 is 0 Å². The molecule has 0 radical (unpaired) electrons. The van der Waals surface area contributed by atoms with Crippen LogP contribution in [0.5, 0.6) is 0 Å². The molecular formula is C15H19N5O. The van der Waals surface area contributed by atoms with Crippen molar-refractivity contribution in [3.05, 3.63) is 46.0 Å². The van der Waals surface area contributed by atoms with E-state index in [9.17, 15) is 4.79 Å². The van der Waals surface area contributed by atoms with E-state index in [0.29, 0.717) is 5.92 Å². The van der Waals surface area contributed by atoms with Gasteiger partial charge in [-0.05, 0) is 26.7 Å². The van der Waals surface area contributed by atoms with Crippen LogP contribution in [0.4, 0.5) is 5.82 Å². The second-order valence-corrected chi connectivity index (χ2v) is 5.55. The highest BCUT2D eigenvalue weighted by Crippen LogP contribution is 2.27. The summed E-state index contributed by atoms with van der Waals surface area (Å²) in [5.74, 6) is 2.11. The molecule has 1 saturated heterocycles. The van der Waals surface area contributed by atoms with E-state index in [0.717, 1.165) is 49.0 Å². The van der Waals surface area contributed by atoms with Gasteiger partial charge in [0.05, 0.1) is 0 Å². The smallest absolute Gasteiger partial charge is 0.251 e. The molecule has 1 N–H and O–H groups in total. The molecule has 0 aliphatic carbocycles. The van der Waals surface area contributed by atoms with Crippen LogP contribution in [0.1, 0.15) is 36.0 Å². The summed E-state index contributed by atoms with van der Waals surface area (Å²) in [6.45, 7) is 5.66. The van der Waals surface area contributed by atoms with Crippen LogP contribution in [0.3, 0.4) is 0 Å². The summed E-state index contributed by atoms with van der Waals surface area (Å²) in [4.78, 5) is 29.6. The van der Waals surface area contributed by atoms with Gasteiger partial charge in [-0.1, -0.05) is 0 Å². The zero-order valence-electron chi connectivity index (χ0n) is 12.3. The van der Waals surface area contributed by atoms with E-state index in [4.69, 9.17) is 0 Å². The summed E-state index contributed by atoms with van der Waals surface area (Å²) in [6.07, 6.45) is 3.54. The van der Waals surface area contributed by atoms with Crippen LogP contribution in [-0.4, -0.2) is 33.0 Å². The van der Waals surface area contributed by atoms with Crippen LogP contribution in [0.2, 0.25) is 0 Å². The van der Waals surface area contributed by atoms with Crippen molar-refractivity contribution in [2.45, 2.75) is 32.6 Å². The molecule has 110 valence electrons. The third kappa shape index (κ3) is 3.09. The summed E-state index contributed by atoms with van der Waals surface area (Å²) >= 11 is 0. The van der Waals surface area contributed by atoms with Gasteiger partial charge in [-0.2, -0.15) is 0 Å². The lowest BCUT2D eigenvalue weighted by molar-refractivity contribution is 0.481. The lowest BCUT2D eigenvalue weighted by atomic mass is 9.96. The number of hydrogen-bond acceptors (Lipinski definition) is 5. The summed E-state index contributed by atoms with van der Waals surface area (Å²) in [5.41, 5.74) is 1.70. The number of hydrogen-bond donors (Lipinski definition) is 1. The Bertz CT molecular complexity index is 688. The molecule has 0 unspecified atom stereocenters. The number of nitrogens with zero attached hydrogens (tertiary/aromatic N) is 4. The molecule has 1 aliphatic rings. The first-order valence-corrected chi connectivity index (χ1v) is 7.23. The highest BCUT2D eigenvalue weighted by atomic mass is 16.1. The van der Waals surface area contributed by atoms with Crippen LogP contribution in [0.15, 0.2) is 23.3 Å². The number of anilines is 1. The second-order valence-electron chi connectivity index (χ2n) is 5.55. The van der Waals surface area contributed by atoms with E-state index in [2.05, 4.69) is 24.8 Å². The van der Waals surface area contributed by atoms with E-state index in [1.807, 2.05) is 19.9 Å². The number of rotatable bonds is 2. The first-order valence-electron chi connectivity index (χ1n) is 7.23. The number of nitrogens with one attached hydrogen (secondary N) is 1. The minimum absolute atomic E-state index is 0.0636. The molecule has 0 aromatic carbocycles. The fraction of sp³-hybridized carbons (Fsp3) is 0.467. The predicted molar refractivity (Wildman–Crippen MR) is 80.6 cm³/mol. The molecular weight excluding hydrogens is 266 g/mol. The molecule has 3 rings (SSSR count). The van der Waals surface area contributed by atoms with Crippen molar-refractivity contribution in [3.63, 3.8) is 0 Å². The third-order valence-electron chi connectivity index (χ3n) is 3.88. The molecule has 0 saturated carbocycles. The summed E-state index contributed by atoms with van der Waals surface area (Å²) in [7, 11) is 0. The Hall–Kier alpha value is -2.24. The van der Waals surface area contributed by atoms with Gasteiger partial charge < -0.3 is 9.88 Å². The average Bonchev–Trinajstić information content (AvgIpc) is 2.46. The molecule has 1 aliphatic heterocycles. The van der Waals surface area contributed by atoms with Crippen LogP contribution < -0.4 is 10.5 Å². The maximum absolute atomic E-state index is 11.6. The van der Waals surface area contributed by atoms with Crippen LogP contribution in [-0.2, 0) is 0 Å². The van der Waals surface area contributed by atoms with Gasteiger partial charge in [0.25, 0.3) is 5.56 Å². The minimum atomic E-state index is -0.0636. The summed E-state index contributed by atoms with van der Waals surface area (Å²) < 4.78 is 0. The minimum Gasteiger partial charge on any atom is -0.356 e. The lowest BCUT2D eigenvalue weighted by Gasteiger charge is -2.32. The normalized spacial score (nSPS) is 16.2. The highest BCUT2D eigenvalue weighted by molar-refractivity contribution is 5.39. The van der Waals surface area contributed by atoms with E-state index in [1.54, 1.807) is 6.33 Å². The van der Waals surface area contributed by atoms with Crippen molar-refractivity contribution >= 4 is 5.82 Å². The fourth-order valence-electron chi connectivity index (χ4n) is 2.79. The highest BCUT2D eigenvalue weighted by Gasteiger charge is 2.23. The first-order chi connectivity index (χ1) is 10.1. The molecule has 6 heteroatoms. The Kier molecular flexibility index (Phi) is 3.68. The Morgan fingerprint density at radius 3 is 2.57 bits per heavy atom. The maximum atomic E-state index is 11.6. The largest absolute Gasteiger partial charge is 0.356 e. The molecule has 2 aromatic rings. The molecule has 2 aromatic heterocycles. The van der Waals surface area contributed by atoms with Crippen molar-refractivity contribution in [1.29, 1.82) is 0 Å². The van der Waals surface area contributed by atoms with E-state index in [-0.39, 0.29) is 5.56 Å². The predicted octanol–water partition coefficient (Wildman–Crippen LogP) is 1.56. The summed E-state index contributed by atoms with van der Waals surface area (Å²) in [6, 6.07) is 3.54. The summed E-state index contributed by atoms with van der Waals surface area (Å²) in [5, 5.41) is 0. The zero-order chi connectivity index (χ0) is 14.8. The Balaban J connectivity index is 1.71. The molecule has 6 nitrogen and oxygen atoms in total. The number of aromatic amines is 1. The van der Waals surface area contributed by atoms with Gasteiger partial charge in [0.1, 0.15) is 18.0 Å². The number of H-pyrrole nitrogens is 1. The Morgan fingerprint density at radius 2 is 1.90 bits per heavy atom. The Labute approximate surface area is 123 Å². The van der Waals surface area contributed by atoms with Crippen molar-refractivity contribution in [3.8, 4) is 0 Å². The average molecular weight is 285 g/mol. The van der Waals surface area contributed by atoms with Crippen molar-refractivity contribution in [1.82, 2.24) is 19.9 Å². The van der Waals surface area contributed by atoms with E-state index >= 15 is 0 Å². The molecule has 21 heavy (non-hydrogen) atoms. The fourth-order valence-corrected chi connectivity index (χ4v) is 2.79. The maximum Gasteiger partial charge on any atom is 0.251 e. The van der Waals surface area contributed by atoms with Crippen molar-refractivity contribution in [2.75, 3.05) is 18.0 Å². The first kappa shape index (κ1) is 13.7. The van der Waals surface area contributed by atoms with Gasteiger partial charge in [-0.25, -0.2) is 15.0 Å². The van der Waals surface area contributed by atoms with E-state index in [1.165, 1.54) is 6.07 Å². The quantitative estimate of drug-likeness (QED) is 0.906. The van der Waals surface area contributed by atoms with Crippen molar-refractivity contribution in [2.24, 2.45) is 0 Å². The number of aryl methyl sites for hydroxylation is 2. The monoisotopic (exact) mass is 285 g/mol. The van der Waals surface area contributed by atoms with Crippen LogP contribution in [0.25, 0.3) is 0 Å². The second kappa shape index (κ2) is 5.63. The van der Waals surface area contributed by atoms with Crippen LogP contribution in [0, 0.1) is 13.8 Å². The van der Waals surface area contributed by atoms with Gasteiger partial charge in [0.2, 0.25) is 0 Å². The van der Waals surface area contributed by atoms with Crippen LogP contribution >= 0.6 is 0 Å². The van der Waals surface area contributed by atoms with Gasteiger partial charge in [-0.15, -0.1) is 0 Å². The SMILES string of the molecule is Cc1cc(N2CCC(c3nc(C)cc(=O)[nH]3)CC2)ncn1. The molecule has 0 bridgehead atoms. The molecule has 3 heterocycles. The third-order valence-corrected chi connectivity index (χ3v) is 3.88. The standard InChI is InChI=1S/C15H19N5O/c1-10-7-13(17-9-16-10)20-5-3-12(4-6-20)15-18-11(2)8-14(21)19-15/h7-9,12H,3-6H2,1-2H3,(H,18,19,21). The lowest BCUT2D eigenvalue weighted by Crippen LogP contribution is -2.34. The molecule has 0 amide bonds. The van der Waals surface area contributed by atoms with Gasteiger partial charge in [0, 0.05) is 42.5 Å². The zero-order valence-corrected chi connectivity index (χ0v) is 12.3.